The highest BCUT2D eigenvalue weighted by Gasteiger charge is 2.39. The molecular formula is C28H38P2. The average molecular weight is 437 g/mol. The van der Waals surface area contributed by atoms with Crippen LogP contribution in [0.1, 0.15) is 82.2 Å². The van der Waals surface area contributed by atoms with E-state index in [1.54, 1.807) is 11.1 Å². The van der Waals surface area contributed by atoms with E-state index in [0.717, 1.165) is 5.66 Å². The van der Waals surface area contributed by atoms with Crippen molar-refractivity contribution in [2.75, 3.05) is 6.16 Å². The summed E-state index contributed by atoms with van der Waals surface area (Å²) >= 11 is 0. The molecule has 4 atom stereocenters. The maximum Gasteiger partial charge on any atom is 0.00822 e. The Morgan fingerprint density at radius 1 is 0.867 bits per heavy atom. The van der Waals surface area contributed by atoms with E-state index in [0.29, 0.717) is 11.3 Å². The first-order valence-corrected chi connectivity index (χ1v) is 15.0. The lowest BCUT2D eigenvalue weighted by Crippen LogP contribution is -2.12. The molecule has 0 radical (unpaired) electrons. The summed E-state index contributed by atoms with van der Waals surface area (Å²) in [5.74, 6) is 2.89. The molecule has 0 amide bonds. The molecule has 0 nitrogen and oxygen atoms in total. The number of rotatable bonds is 5. The molecule has 2 aliphatic heterocycles. The minimum absolute atomic E-state index is 0.0251. The second-order valence-electron chi connectivity index (χ2n) is 10.0. The smallest absolute Gasteiger partial charge is 0.00822 e. The van der Waals surface area contributed by atoms with Crippen LogP contribution in [0.25, 0.3) is 0 Å². The summed E-state index contributed by atoms with van der Waals surface area (Å²) in [4.78, 5) is 0. The lowest BCUT2D eigenvalue weighted by Gasteiger charge is -2.35. The molecule has 2 aromatic carbocycles. The van der Waals surface area contributed by atoms with Gasteiger partial charge in [0.2, 0.25) is 0 Å². The fourth-order valence-electron chi connectivity index (χ4n) is 5.46. The first kappa shape index (κ1) is 22.2. The summed E-state index contributed by atoms with van der Waals surface area (Å²) in [6.45, 7) is 9.86. The van der Waals surface area contributed by atoms with E-state index in [9.17, 15) is 0 Å². The number of hydrogen-bond acceptors (Lipinski definition) is 0. The van der Waals surface area contributed by atoms with Crippen LogP contribution in [0.3, 0.4) is 0 Å². The Hall–Kier alpha value is -0.960. The van der Waals surface area contributed by atoms with Gasteiger partial charge in [-0.05, 0) is 65.8 Å². The zero-order chi connectivity index (χ0) is 21.1. The Balaban J connectivity index is 1.77. The van der Waals surface area contributed by atoms with Crippen LogP contribution in [0.5, 0.6) is 0 Å². The summed E-state index contributed by atoms with van der Waals surface area (Å²) in [7, 11) is -0.189. The molecule has 0 N–H and O–H groups in total. The van der Waals surface area contributed by atoms with Gasteiger partial charge in [0.15, 0.2) is 0 Å². The molecule has 0 aromatic heterocycles. The molecule has 2 heterocycles. The van der Waals surface area contributed by atoms with E-state index in [4.69, 9.17) is 0 Å². The van der Waals surface area contributed by atoms with Crippen LogP contribution in [0.2, 0.25) is 0 Å². The summed E-state index contributed by atoms with van der Waals surface area (Å²) in [5.41, 5.74) is 5.79. The zero-order valence-corrected chi connectivity index (χ0v) is 21.0. The lowest BCUT2D eigenvalue weighted by molar-refractivity contribution is 0.530. The Kier molecular flexibility index (Phi) is 7.17. The SMILES string of the molecule is CC[C@@H]1CCCP1/C(=C\P1[C@H](c2ccccc2)CC[C@H]1c1ccccc1)C(C)(C)C. The minimum Gasteiger partial charge on any atom is -0.0760 e. The molecule has 2 aromatic rings. The van der Waals surface area contributed by atoms with Crippen molar-refractivity contribution in [1.82, 2.24) is 0 Å². The van der Waals surface area contributed by atoms with Crippen LogP contribution in [0.15, 0.2) is 71.8 Å². The molecule has 160 valence electrons. The van der Waals surface area contributed by atoms with Gasteiger partial charge in [0.25, 0.3) is 0 Å². The quantitative estimate of drug-likeness (QED) is 0.409. The van der Waals surface area contributed by atoms with E-state index in [1.165, 1.54) is 38.3 Å². The van der Waals surface area contributed by atoms with E-state index in [1.807, 2.05) is 5.31 Å². The highest BCUT2D eigenvalue weighted by molar-refractivity contribution is 7.66. The van der Waals surface area contributed by atoms with Crippen molar-refractivity contribution in [2.24, 2.45) is 5.41 Å². The van der Waals surface area contributed by atoms with Crippen LogP contribution in [-0.2, 0) is 0 Å². The third kappa shape index (κ3) is 4.76. The van der Waals surface area contributed by atoms with E-state index in [2.05, 4.69) is 94.2 Å². The van der Waals surface area contributed by atoms with E-state index in [-0.39, 0.29) is 21.3 Å². The highest BCUT2D eigenvalue weighted by Crippen LogP contribution is 2.74. The molecule has 4 rings (SSSR count). The normalized spacial score (nSPS) is 28.2. The molecule has 0 bridgehead atoms. The van der Waals surface area contributed by atoms with E-state index >= 15 is 0 Å². The first-order valence-electron chi connectivity index (χ1n) is 11.9. The monoisotopic (exact) mass is 436 g/mol. The van der Waals surface area contributed by atoms with Gasteiger partial charge in [-0.15, -0.1) is 0 Å². The summed E-state index contributed by atoms with van der Waals surface area (Å²) in [5, 5.41) is 1.84. The van der Waals surface area contributed by atoms with Crippen molar-refractivity contribution in [3.63, 3.8) is 0 Å². The van der Waals surface area contributed by atoms with Gasteiger partial charge in [0.05, 0.1) is 0 Å². The van der Waals surface area contributed by atoms with Crippen LogP contribution in [0, 0.1) is 5.41 Å². The van der Waals surface area contributed by atoms with Crippen molar-refractivity contribution in [3.05, 3.63) is 82.9 Å². The topological polar surface area (TPSA) is 0 Å². The Bertz CT molecular complexity index is 786. The molecule has 0 aliphatic carbocycles. The van der Waals surface area contributed by atoms with Crippen LogP contribution >= 0.6 is 15.8 Å². The van der Waals surface area contributed by atoms with E-state index < -0.39 is 0 Å². The molecule has 2 heteroatoms. The number of hydrogen-bond donors (Lipinski definition) is 0. The van der Waals surface area contributed by atoms with Gasteiger partial charge < -0.3 is 0 Å². The maximum absolute atomic E-state index is 2.89. The highest BCUT2D eigenvalue weighted by atomic mass is 31.1. The van der Waals surface area contributed by atoms with Gasteiger partial charge in [0, 0.05) is 11.3 Å². The molecule has 30 heavy (non-hydrogen) atoms. The predicted octanol–water partition coefficient (Wildman–Crippen LogP) is 9.69. The largest absolute Gasteiger partial charge is 0.0760 e. The molecule has 2 fully saturated rings. The standard InChI is InChI=1S/C28H38P2/c1-5-24-17-12-20-29(24)27(28(2,3)4)21-30-25(22-13-8-6-9-14-22)18-19-26(30)23-15-10-7-11-16-23/h6-11,13-16,21,24-26H,5,12,17-20H2,1-4H3/b27-21-/t24-,25+,26+,29?/m1/s1. The predicted molar refractivity (Wildman–Crippen MR) is 137 cm³/mol. The third-order valence-corrected chi connectivity index (χ3v) is 14.0. The molecule has 0 saturated carbocycles. The first-order chi connectivity index (χ1) is 14.5. The molecule has 0 spiro atoms. The Morgan fingerprint density at radius 3 is 1.87 bits per heavy atom. The fourth-order valence-corrected chi connectivity index (χ4v) is 13.2. The van der Waals surface area contributed by atoms with Crippen LogP contribution in [0.4, 0.5) is 0 Å². The van der Waals surface area contributed by atoms with Gasteiger partial charge in [-0.25, -0.2) is 0 Å². The van der Waals surface area contributed by atoms with Gasteiger partial charge in [-0.1, -0.05) is 110 Å². The van der Waals surface area contributed by atoms with Crippen molar-refractivity contribution < 1.29 is 0 Å². The van der Waals surface area contributed by atoms with Gasteiger partial charge >= 0.3 is 0 Å². The van der Waals surface area contributed by atoms with Crippen molar-refractivity contribution in [1.29, 1.82) is 0 Å². The third-order valence-electron chi connectivity index (χ3n) is 7.00. The van der Waals surface area contributed by atoms with Crippen molar-refractivity contribution in [3.8, 4) is 0 Å². The van der Waals surface area contributed by atoms with Gasteiger partial charge in [-0.2, -0.15) is 0 Å². The maximum atomic E-state index is 2.89. The number of benzene rings is 2. The minimum atomic E-state index is -0.214. The molecule has 2 saturated heterocycles. The molecule has 2 aliphatic rings. The van der Waals surface area contributed by atoms with Gasteiger partial charge in [0.1, 0.15) is 0 Å². The van der Waals surface area contributed by atoms with Crippen molar-refractivity contribution >= 4 is 15.8 Å². The zero-order valence-electron chi connectivity index (χ0n) is 19.2. The Labute approximate surface area is 187 Å². The van der Waals surface area contributed by atoms with Gasteiger partial charge in [-0.3, -0.25) is 0 Å². The fraction of sp³-hybridized carbons (Fsp3) is 0.500. The second kappa shape index (κ2) is 9.67. The summed E-state index contributed by atoms with van der Waals surface area (Å²) in [6.07, 6.45) is 8.39. The summed E-state index contributed by atoms with van der Waals surface area (Å²) < 4.78 is 0. The van der Waals surface area contributed by atoms with Crippen molar-refractivity contribution in [2.45, 2.75) is 76.8 Å². The molecular weight excluding hydrogens is 398 g/mol. The van der Waals surface area contributed by atoms with Crippen LogP contribution in [-0.4, -0.2) is 11.8 Å². The second-order valence-corrected chi connectivity index (χ2v) is 15.0. The number of allylic oxidation sites excluding steroid dienone is 1. The summed E-state index contributed by atoms with van der Waals surface area (Å²) in [6, 6.07) is 22.8. The lowest BCUT2D eigenvalue weighted by atomic mass is 9.97. The Morgan fingerprint density at radius 2 is 1.40 bits per heavy atom. The average Bonchev–Trinajstić information content (AvgIpc) is 3.39. The van der Waals surface area contributed by atoms with Crippen LogP contribution < -0.4 is 0 Å². The molecule has 1 unspecified atom stereocenters.